The van der Waals surface area contributed by atoms with Crippen LogP contribution in [0.25, 0.3) is 0 Å². The molecule has 4 heteroatoms. The molecule has 1 aliphatic carbocycles. The SMILES string of the molecule is CCCNC(C)(CC(C)SC1CCCC1)C(N)=O. The average Bonchev–Trinajstić information content (AvgIpc) is 2.78. The normalized spacial score (nSPS) is 21.7. The number of hydrogen-bond donors (Lipinski definition) is 2. The van der Waals surface area contributed by atoms with Gasteiger partial charge in [0, 0.05) is 10.5 Å². The zero-order chi connectivity index (χ0) is 13.6. The fraction of sp³-hybridized carbons (Fsp3) is 0.929. The maximum absolute atomic E-state index is 11.7. The number of thioether (sulfide) groups is 1. The van der Waals surface area contributed by atoms with Gasteiger partial charge in [0.25, 0.3) is 0 Å². The highest BCUT2D eigenvalue weighted by Gasteiger charge is 2.33. The van der Waals surface area contributed by atoms with Crippen molar-refractivity contribution >= 4 is 17.7 Å². The Balaban J connectivity index is 2.45. The molecular formula is C14H28N2OS. The molecule has 1 saturated carbocycles. The van der Waals surface area contributed by atoms with Crippen molar-refractivity contribution in [1.29, 1.82) is 0 Å². The van der Waals surface area contributed by atoms with Gasteiger partial charge in [0.2, 0.25) is 5.91 Å². The highest BCUT2D eigenvalue weighted by molar-refractivity contribution is 8.00. The monoisotopic (exact) mass is 272 g/mol. The number of carbonyl (C=O) groups excluding carboxylic acids is 1. The summed E-state index contributed by atoms with van der Waals surface area (Å²) in [7, 11) is 0. The Morgan fingerprint density at radius 1 is 1.50 bits per heavy atom. The number of carbonyl (C=O) groups is 1. The summed E-state index contributed by atoms with van der Waals surface area (Å²) in [5.41, 5.74) is 5.00. The summed E-state index contributed by atoms with van der Waals surface area (Å²) in [6.45, 7) is 7.11. The lowest BCUT2D eigenvalue weighted by Gasteiger charge is -2.31. The lowest BCUT2D eigenvalue weighted by molar-refractivity contribution is -0.124. The molecular weight excluding hydrogens is 244 g/mol. The first-order valence-corrected chi connectivity index (χ1v) is 8.12. The molecule has 1 rings (SSSR count). The summed E-state index contributed by atoms with van der Waals surface area (Å²) in [6.07, 6.45) is 7.25. The van der Waals surface area contributed by atoms with Crippen LogP contribution in [0.4, 0.5) is 0 Å². The second-order valence-corrected chi connectivity index (χ2v) is 7.42. The fourth-order valence-corrected chi connectivity index (χ4v) is 4.33. The van der Waals surface area contributed by atoms with Gasteiger partial charge in [0.15, 0.2) is 0 Å². The second kappa shape index (κ2) is 7.39. The minimum Gasteiger partial charge on any atom is -0.368 e. The average molecular weight is 272 g/mol. The van der Waals surface area contributed by atoms with Gasteiger partial charge in [0.1, 0.15) is 0 Å². The smallest absolute Gasteiger partial charge is 0.237 e. The van der Waals surface area contributed by atoms with Gasteiger partial charge in [-0.1, -0.05) is 26.7 Å². The maximum atomic E-state index is 11.7. The number of nitrogens with one attached hydrogen (secondary N) is 1. The van der Waals surface area contributed by atoms with Crippen LogP contribution in [0.2, 0.25) is 0 Å². The van der Waals surface area contributed by atoms with Crippen LogP contribution in [-0.4, -0.2) is 28.5 Å². The lowest BCUT2D eigenvalue weighted by atomic mass is 9.95. The third-order valence-corrected chi connectivity index (χ3v) is 5.22. The molecule has 3 N–H and O–H groups in total. The molecule has 3 nitrogen and oxygen atoms in total. The zero-order valence-corrected chi connectivity index (χ0v) is 12.8. The van der Waals surface area contributed by atoms with Crippen molar-refractivity contribution < 1.29 is 4.79 Å². The quantitative estimate of drug-likeness (QED) is 0.714. The van der Waals surface area contributed by atoms with Crippen LogP contribution in [0.1, 0.15) is 59.3 Å². The van der Waals surface area contributed by atoms with E-state index in [1.54, 1.807) is 0 Å². The van der Waals surface area contributed by atoms with E-state index in [1.807, 2.05) is 18.7 Å². The molecule has 1 fully saturated rings. The van der Waals surface area contributed by atoms with Crippen molar-refractivity contribution in [3.8, 4) is 0 Å². The highest BCUT2D eigenvalue weighted by atomic mass is 32.2. The topological polar surface area (TPSA) is 55.1 Å². The van der Waals surface area contributed by atoms with Gasteiger partial charge in [-0.3, -0.25) is 4.79 Å². The van der Waals surface area contributed by atoms with E-state index in [9.17, 15) is 4.79 Å². The molecule has 0 aromatic rings. The van der Waals surface area contributed by atoms with Crippen LogP contribution in [0.5, 0.6) is 0 Å². The molecule has 0 heterocycles. The van der Waals surface area contributed by atoms with E-state index in [1.165, 1.54) is 25.7 Å². The lowest BCUT2D eigenvalue weighted by Crippen LogP contribution is -2.54. The van der Waals surface area contributed by atoms with Gasteiger partial charge in [0.05, 0.1) is 5.54 Å². The molecule has 0 aromatic heterocycles. The Morgan fingerprint density at radius 2 is 2.11 bits per heavy atom. The van der Waals surface area contributed by atoms with Gasteiger partial charge in [-0.2, -0.15) is 11.8 Å². The van der Waals surface area contributed by atoms with E-state index in [0.717, 1.165) is 24.6 Å². The van der Waals surface area contributed by atoms with E-state index < -0.39 is 5.54 Å². The Morgan fingerprint density at radius 3 is 2.61 bits per heavy atom. The maximum Gasteiger partial charge on any atom is 0.237 e. The number of nitrogens with two attached hydrogens (primary N) is 1. The third kappa shape index (κ3) is 4.81. The minimum absolute atomic E-state index is 0.227. The van der Waals surface area contributed by atoms with Crippen molar-refractivity contribution in [2.24, 2.45) is 5.73 Å². The van der Waals surface area contributed by atoms with Crippen molar-refractivity contribution in [1.82, 2.24) is 5.32 Å². The number of amides is 1. The van der Waals surface area contributed by atoms with Crippen LogP contribution in [0.15, 0.2) is 0 Å². The summed E-state index contributed by atoms with van der Waals surface area (Å²) in [5, 5.41) is 4.59. The van der Waals surface area contributed by atoms with Crippen molar-refractivity contribution in [2.45, 2.75) is 75.3 Å². The fourth-order valence-electron chi connectivity index (χ4n) is 2.64. The number of rotatable bonds is 8. The van der Waals surface area contributed by atoms with Crippen LogP contribution in [0, 0.1) is 0 Å². The summed E-state index contributed by atoms with van der Waals surface area (Å²) in [4.78, 5) is 11.7. The standard InChI is InChI=1S/C14H28N2OS/c1-4-9-16-14(3,13(15)17)10-11(2)18-12-7-5-6-8-12/h11-12,16H,4-10H2,1-3H3,(H2,15,17). The summed E-state index contributed by atoms with van der Waals surface area (Å²) < 4.78 is 0. The first-order chi connectivity index (χ1) is 8.48. The van der Waals surface area contributed by atoms with E-state index in [2.05, 4.69) is 19.2 Å². The predicted octanol–water partition coefficient (Wildman–Crippen LogP) is 2.68. The Bertz CT molecular complexity index is 267. The third-order valence-electron chi connectivity index (χ3n) is 3.73. The van der Waals surface area contributed by atoms with Crippen LogP contribution in [-0.2, 0) is 4.79 Å². The van der Waals surface area contributed by atoms with E-state index in [0.29, 0.717) is 5.25 Å². The molecule has 106 valence electrons. The van der Waals surface area contributed by atoms with Crippen molar-refractivity contribution in [3.05, 3.63) is 0 Å². The van der Waals surface area contributed by atoms with Gasteiger partial charge in [-0.25, -0.2) is 0 Å². The summed E-state index contributed by atoms with van der Waals surface area (Å²) >= 11 is 2.04. The minimum atomic E-state index is -0.555. The molecule has 1 aliphatic rings. The molecule has 18 heavy (non-hydrogen) atoms. The van der Waals surface area contributed by atoms with Gasteiger partial charge in [-0.15, -0.1) is 0 Å². The predicted molar refractivity (Wildman–Crippen MR) is 79.8 cm³/mol. The van der Waals surface area contributed by atoms with Crippen LogP contribution >= 0.6 is 11.8 Å². The Labute approximate surface area is 116 Å². The number of hydrogen-bond acceptors (Lipinski definition) is 3. The molecule has 0 radical (unpaired) electrons. The van der Waals surface area contributed by atoms with Gasteiger partial charge in [-0.05, 0) is 39.2 Å². The van der Waals surface area contributed by atoms with Crippen LogP contribution in [0.3, 0.4) is 0 Å². The molecule has 2 atom stereocenters. The largest absolute Gasteiger partial charge is 0.368 e. The van der Waals surface area contributed by atoms with Crippen molar-refractivity contribution in [2.75, 3.05) is 6.54 Å². The van der Waals surface area contributed by atoms with Gasteiger partial charge < -0.3 is 11.1 Å². The highest BCUT2D eigenvalue weighted by Crippen LogP contribution is 2.34. The molecule has 0 spiro atoms. The molecule has 0 aliphatic heterocycles. The van der Waals surface area contributed by atoms with Crippen molar-refractivity contribution in [3.63, 3.8) is 0 Å². The first kappa shape index (κ1) is 15.8. The Kier molecular flexibility index (Phi) is 6.50. The van der Waals surface area contributed by atoms with E-state index >= 15 is 0 Å². The van der Waals surface area contributed by atoms with Gasteiger partial charge >= 0.3 is 0 Å². The molecule has 0 aromatic carbocycles. The van der Waals surface area contributed by atoms with Crippen LogP contribution < -0.4 is 11.1 Å². The van der Waals surface area contributed by atoms with E-state index in [4.69, 9.17) is 5.73 Å². The number of primary amides is 1. The first-order valence-electron chi connectivity index (χ1n) is 7.18. The zero-order valence-electron chi connectivity index (χ0n) is 12.0. The van der Waals surface area contributed by atoms with E-state index in [-0.39, 0.29) is 5.91 Å². The molecule has 2 unspecified atom stereocenters. The molecule has 1 amide bonds. The second-order valence-electron chi connectivity index (χ2n) is 5.68. The summed E-state index contributed by atoms with van der Waals surface area (Å²) in [6, 6.07) is 0. The summed E-state index contributed by atoms with van der Waals surface area (Å²) in [5.74, 6) is -0.227. The Hall–Kier alpha value is -0.220. The molecule has 0 saturated heterocycles. The molecule has 0 bridgehead atoms.